The van der Waals surface area contributed by atoms with E-state index in [1.807, 2.05) is 35.2 Å². The molecule has 1 aromatic carbocycles. The summed E-state index contributed by atoms with van der Waals surface area (Å²) in [5.74, 6) is 0.118. The Bertz CT molecular complexity index is 476. The second-order valence-electron chi connectivity index (χ2n) is 6.27. The molecule has 114 valence electrons. The number of rotatable bonds is 3. The second kappa shape index (κ2) is 6.58. The number of benzene rings is 1. The Morgan fingerprint density at radius 2 is 1.95 bits per heavy atom. The van der Waals surface area contributed by atoms with Gasteiger partial charge in [-0.2, -0.15) is 0 Å². The van der Waals surface area contributed by atoms with Gasteiger partial charge in [-0.05, 0) is 37.8 Å². The van der Waals surface area contributed by atoms with Gasteiger partial charge in [-0.25, -0.2) is 0 Å². The zero-order valence-corrected chi connectivity index (χ0v) is 12.6. The number of carbonyl (C=O) groups excluding carboxylic acids is 1. The molecule has 0 bridgehead atoms. The smallest absolute Gasteiger partial charge is 0.239 e. The largest absolute Gasteiger partial charge is 0.340 e. The first-order valence-electron chi connectivity index (χ1n) is 8.06. The maximum absolute atomic E-state index is 12.6. The van der Waals surface area contributed by atoms with Crippen LogP contribution in [0.1, 0.15) is 24.8 Å². The van der Waals surface area contributed by atoms with Gasteiger partial charge in [0, 0.05) is 25.7 Å². The molecule has 2 fully saturated rings. The van der Waals surface area contributed by atoms with Crippen molar-refractivity contribution in [3.8, 4) is 0 Å². The van der Waals surface area contributed by atoms with Gasteiger partial charge in [0.1, 0.15) is 0 Å². The van der Waals surface area contributed by atoms with E-state index in [2.05, 4.69) is 4.90 Å². The summed E-state index contributed by atoms with van der Waals surface area (Å²) in [4.78, 5) is 17.2. The zero-order valence-electron chi connectivity index (χ0n) is 12.6. The van der Waals surface area contributed by atoms with Crippen molar-refractivity contribution in [3.05, 3.63) is 35.9 Å². The molecule has 4 nitrogen and oxygen atoms in total. The van der Waals surface area contributed by atoms with Crippen LogP contribution in [-0.4, -0.2) is 54.0 Å². The van der Waals surface area contributed by atoms with Crippen LogP contribution in [0.15, 0.2) is 30.3 Å². The van der Waals surface area contributed by atoms with E-state index in [1.165, 1.54) is 19.4 Å². The number of nitrogens with two attached hydrogens (primary N) is 1. The van der Waals surface area contributed by atoms with Gasteiger partial charge in [0.25, 0.3) is 0 Å². The van der Waals surface area contributed by atoms with Crippen LogP contribution in [0.4, 0.5) is 0 Å². The highest BCUT2D eigenvalue weighted by molar-refractivity contribution is 5.82. The second-order valence-corrected chi connectivity index (χ2v) is 6.27. The summed E-state index contributed by atoms with van der Waals surface area (Å²) in [6.07, 6.45) is 4.19. The van der Waals surface area contributed by atoms with Crippen molar-refractivity contribution in [2.45, 2.75) is 37.8 Å². The van der Waals surface area contributed by atoms with Crippen LogP contribution in [0, 0.1) is 0 Å². The van der Waals surface area contributed by atoms with E-state index in [9.17, 15) is 4.79 Å². The molecule has 0 aromatic heterocycles. The number of hydrogen-bond donors (Lipinski definition) is 1. The van der Waals surface area contributed by atoms with Gasteiger partial charge >= 0.3 is 0 Å². The SMILES string of the molecule is N[C@@H](Cc1ccccc1)C(=O)N1CCCN2CCCC2C1. The van der Waals surface area contributed by atoms with Crippen molar-refractivity contribution >= 4 is 5.91 Å². The maximum atomic E-state index is 12.6. The summed E-state index contributed by atoms with van der Waals surface area (Å²) < 4.78 is 0. The monoisotopic (exact) mass is 287 g/mol. The first-order chi connectivity index (χ1) is 10.2. The van der Waals surface area contributed by atoms with Crippen molar-refractivity contribution in [1.82, 2.24) is 9.80 Å². The topological polar surface area (TPSA) is 49.6 Å². The fourth-order valence-electron chi connectivity index (χ4n) is 3.60. The first-order valence-corrected chi connectivity index (χ1v) is 8.06. The van der Waals surface area contributed by atoms with Crippen molar-refractivity contribution in [1.29, 1.82) is 0 Å². The van der Waals surface area contributed by atoms with Crippen LogP contribution in [0.25, 0.3) is 0 Å². The van der Waals surface area contributed by atoms with E-state index in [-0.39, 0.29) is 5.91 Å². The van der Waals surface area contributed by atoms with Crippen molar-refractivity contribution in [3.63, 3.8) is 0 Å². The van der Waals surface area contributed by atoms with Gasteiger partial charge in [-0.15, -0.1) is 0 Å². The quantitative estimate of drug-likeness (QED) is 0.910. The molecule has 2 saturated heterocycles. The van der Waals surface area contributed by atoms with Gasteiger partial charge < -0.3 is 10.6 Å². The average Bonchev–Trinajstić information content (AvgIpc) is 2.84. The minimum Gasteiger partial charge on any atom is -0.340 e. The third-order valence-corrected chi connectivity index (χ3v) is 4.73. The number of fused-ring (bicyclic) bond motifs is 1. The third-order valence-electron chi connectivity index (χ3n) is 4.73. The molecule has 2 aliphatic rings. The first kappa shape index (κ1) is 14.5. The molecule has 4 heteroatoms. The highest BCUT2D eigenvalue weighted by atomic mass is 16.2. The lowest BCUT2D eigenvalue weighted by molar-refractivity contribution is -0.132. The molecule has 2 aliphatic heterocycles. The molecular formula is C17H25N3O. The number of nitrogens with zero attached hydrogens (tertiary/aromatic N) is 2. The van der Waals surface area contributed by atoms with Gasteiger partial charge in [-0.3, -0.25) is 9.69 Å². The molecule has 2 N–H and O–H groups in total. The molecule has 0 radical (unpaired) electrons. The zero-order chi connectivity index (χ0) is 14.7. The van der Waals surface area contributed by atoms with Gasteiger partial charge in [0.05, 0.1) is 6.04 Å². The van der Waals surface area contributed by atoms with Crippen LogP contribution >= 0.6 is 0 Å². The summed E-state index contributed by atoms with van der Waals surface area (Å²) in [5, 5.41) is 0. The number of amides is 1. The molecule has 0 aliphatic carbocycles. The molecular weight excluding hydrogens is 262 g/mol. The molecule has 3 rings (SSSR count). The predicted molar refractivity (Wildman–Crippen MR) is 83.9 cm³/mol. The summed E-state index contributed by atoms with van der Waals surface area (Å²) in [5.41, 5.74) is 7.30. The van der Waals surface area contributed by atoms with E-state index in [1.54, 1.807) is 0 Å². The Balaban J connectivity index is 1.61. The van der Waals surface area contributed by atoms with Gasteiger partial charge in [0.2, 0.25) is 5.91 Å². The Labute approximate surface area is 126 Å². The fraction of sp³-hybridized carbons (Fsp3) is 0.588. The lowest BCUT2D eigenvalue weighted by Gasteiger charge is -2.27. The Morgan fingerprint density at radius 1 is 1.19 bits per heavy atom. The third kappa shape index (κ3) is 3.44. The maximum Gasteiger partial charge on any atom is 0.239 e. The van der Waals surface area contributed by atoms with Gasteiger partial charge in [0.15, 0.2) is 0 Å². The summed E-state index contributed by atoms with van der Waals surface area (Å²) in [6.45, 7) is 4.04. The molecule has 0 saturated carbocycles. The molecule has 1 unspecified atom stereocenters. The average molecular weight is 287 g/mol. The number of carbonyl (C=O) groups is 1. The van der Waals surface area contributed by atoms with Crippen molar-refractivity contribution < 1.29 is 4.79 Å². The van der Waals surface area contributed by atoms with E-state index < -0.39 is 6.04 Å². The molecule has 0 spiro atoms. The molecule has 21 heavy (non-hydrogen) atoms. The number of hydrogen-bond acceptors (Lipinski definition) is 3. The van der Waals surface area contributed by atoms with Crippen LogP contribution in [-0.2, 0) is 11.2 Å². The van der Waals surface area contributed by atoms with Gasteiger partial charge in [-0.1, -0.05) is 30.3 Å². The summed E-state index contributed by atoms with van der Waals surface area (Å²) >= 11 is 0. The van der Waals surface area contributed by atoms with Crippen LogP contribution in [0.5, 0.6) is 0 Å². The lowest BCUT2D eigenvalue weighted by Crippen LogP contribution is -2.48. The molecule has 1 amide bonds. The van der Waals surface area contributed by atoms with E-state index in [0.29, 0.717) is 12.5 Å². The molecule has 1 aromatic rings. The predicted octanol–water partition coefficient (Wildman–Crippen LogP) is 1.25. The minimum absolute atomic E-state index is 0.118. The highest BCUT2D eigenvalue weighted by Crippen LogP contribution is 2.21. The van der Waals surface area contributed by atoms with E-state index >= 15 is 0 Å². The normalized spacial score (nSPS) is 24.4. The van der Waals surface area contributed by atoms with Crippen molar-refractivity contribution in [2.75, 3.05) is 26.2 Å². The van der Waals surface area contributed by atoms with Crippen LogP contribution in [0.3, 0.4) is 0 Å². The molecule has 2 atom stereocenters. The molecule has 2 heterocycles. The fourth-order valence-corrected chi connectivity index (χ4v) is 3.60. The Morgan fingerprint density at radius 3 is 2.76 bits per heavy atom. The van der Waals surface area contributed by atoms with Crippen LogP contribution in [0.2, 0.25) is 0 Å². The standard InChI is InChI=1S/C17H25N3O/c18-16(12-14-6-2-1-3-7-14)17(21)20-11-5-10-19-9-4-8-15(19)13-20/h1-3,6-7,15-16H,4-5,8-13,18H2/t15?,16-/m0/s1. The minimum atomic E-state index is -0.416. The van der Waals surface area contributed by atoms with E-state index in [4.69, 9.17) is 5.73 Å². The van der Waals surface area contributed by atoms with E-state index in [0.717, 1.165) is 31.6 Å². The summed E-state index contributed by atoms with van der Waals surface area (Å²) in [7, 11) is 0. The van der Waals surface area contributed by atoms with Crippen molar-refractivity contribution in [2.24, 2.45) is 5.73 Å². The Hall–Kier alpha value is -1.39. The lowest BCUT2D eigenvalue weighted by atomic mass is 10.1. The van der Waals surface area contributed by atoms with Crippen LogP contribution < -0.4 is 5.73 Å². The highest BCUT2D eigenvalue weighted by Gasteiger charge is 2.31. The summed E-state index contributed by atoms with van der Waals surface area (Å²) in [6, 6.07) is 10.2. The Kier molecular flexibility index (Phi) is 4.56.